The van der Waals surface area contributed by atoms with Crippen LogP contribution < -0.4 is 15.5 Å². The lowest BCUT2D eigenvalue weighted by molar-refractivity contribution is -0.384. The van der Waals surface area contributed by atoms with E-state index in [1.807, 2.05) is 18.2 Å². The van der Waals surface area contributed by atoms with Gasteiger partial charge in [-0.05, 0) is 49.2 Å². The van der Waals surface area contributed by atoms with Crippen molar-refractivity contribution in [1.29, 1.82) is 0 Å². The summed E-state index contributed by atoms with van der Waals surface area (Å²) in [7, 11) is 0. The molecule has 0 saturated carbocycles. The predicted molar refractivity (Wildman–Crippen MR) is 134 cm³/mol. The van der Waals surface area contributed by atoms with Crippen molar-refractivity contribution in [1.82, 2.24) is 5.32 Å². The molecule has 0 unspecified atom stereocenters. The SMILES string of the molecule is Cc1oc2cc(OC(=O)[C@H](C)NC(=O)OCc3ccccc3)ccc2c(=O)c1-c1ccc([N+](=O)[O-])cc1. The molecule has 0 radical (unpaired) electrons. The van der Waals surface area contributed by atoms with Crippen LogP contribution in [-0.4, -0.2) is 23.0 Å². The van der Waals surface area contributed by atoms with Crippen LogP contribution in [0.1, 0.15) is 18.2 Å². The summed E-state index contributed by atoms with van der Waals surface area (Å²) in [5.74, 6) is -0.321. The molecule has 1 atom stereocenters. The Balaban J connectivity index is 1.45. The molecule has 10 heteroatoms. The Morgan fingerprint density at radius 3 is 2.43 bits per heavy atom. The van der Waals surface area contributed by atoms with Crippen LogP contribution in [-0.2, 0) is 16.1 Å². The standard InChI is InChI=1S/C27H22N2O8/c1-16(28-27(32)35-15-18-6-4-3-5-7-18)26(31)37-21-12-13-22-23(14-21)36-17(2)24(25(22)30)19-8-10-20(11-9-19)29(33)34/h3-14,16H,15H2,1-2H3,(H,28,32)/t16-/m0/s1. The smallest absolute Gasteiger partial charge is 0.408 e. The van der Waals surface area contributed by atoms with Crippen LogP contribution in [0.4, 0.5) is 10.5 Å². The summed E-state index contributed by atoms with van der Waals surface area (Å²) in [4.78, 5) is 48.0. The predicted octanol–water partition coefficient (Wildman–Crippen LogP) is 4.90. The Labute approximate surface area is 210 Å². The number of benzene rings is 3. The summed E-state index contributed by atoms with van der Waals surface area (Å²) in [6.45, 7) is 3.11. The van der Waals surface area contributed by atoms with Crippen molar-refractivity contribution < 1.29 is 28.4 Å². The maximum absolute atomic E-state index is 13.1. The van der Waals surface area contributed by atoms with Crippen molar-refractivity contribution in [2.45, 2.75) is 26.5 Å². The van der Waals surface area contributed by atoms with Crippen molar-refractivity contribution in [2.75, 3.05) is 0 Å². The van der Waals surface area contributed by atoms with Gasteiger partial charge in [0.1, 0.15) is 29.7 Å². The highest BCUT2D eigenvalue weighted by Gasteiger charge is 2.20. The van der Waals surface area contributed by atoms with E-state index >= 15 is 0 Å². The van der Waals surface area contributed by atoms with E-state index in [4.69, 9.17) is 13.9 Å². The third kappa shape index (κ3) is 5.81. The first kappa shape index (κ1) is 25.1. The maximum atomic E-state index is 13.1. The quantitative estimate of drug-likeness (QED) is 0.163. The number of nitro groups is 1. The molecule has 37 heavy (non-hydrogen) atoms. The number of hydrogen-bond donors (Lipinski definition) is 1. The first-order valence-corrected chi connectivity index (χ1v) is 11.2. The minimum absolute atomic E-state index is 0.0549. The van der Waals surface area contributed by atoms with E-state index in [0.717, 1.165) is 5.56 Å². The first-order valence-electron chi connectivity index (χ1n) is 11.2. The number of nitrogens with one attached hydrogen (secondary N) is 1. The lowest BCUT2D eigenvalue weighted by Gasteiger charge is -2.14. The normalized spacial score (nSPS) is 11.5. The molecular weight excluding hydrogens is 480 g/mol. The molecule has 188 valence electrons. The van der Waals surface area contributed by atoms with Crippen molar-refractivity contribution >= 4 is 28.7 Å². The van der Waals surface area contributed by atoms with Gasteiger partial charge >= 0.3 is 12.1 Å². The average Bonchev–Trinajstić information content (AvgIpc) is 2.88. The Morgan fingerprint density at radius 1 is 1.05 bits per heavy atom. The van der Waals surface area contributed by atoms with Crippen molar-refractivity contribution in [3.63, 3.8) is 0 Å². The van der Waals surface area contributed by atoms with E-state index in [0.29, 0.717) is 11.3 Å². The second kappa shape index (κ2) is 10.7. The van der Waals surface area contributed by atoms with Gasteiger partial charge in [-0.3, -0.25) is 14.9 Å². The van der Waals surface area contributed by atoms with E-state index < -0.39 is 23.0 Å². The molecule has 0 aliphatic heterocycles. The van der Waals surface area contributed by atoms with Gasteiger partial charge in [-0.2, -0.15) is 0 Å². The Hall–Kier alpha value is -4.99. The highest BCUT2D eigenvalue weighted by atomic mass is 16.6. The zero-order chi connectivity index (χ0) is 26.5. The number of nitrogens with zero attached hydrogens (tertiary/aromatic N) is 1. The number of fused-ring (bicyclic) bond motifs is 1. The largest absolute Gasteiger partial charge is 0.460 e. The summed E-state index contributed by atoms with van der Waals surface area (Å²) in [5.41, 5.74) is 1.33. The highest BCUT2D eigenvalue weighted by Crippen LogP contribution is 2.27. The lowest BCUT2D eigenvalue weighted by Crippen LogP contribution is -2.41. The summed E-state index contributed by atoms with van der Waals surface area (Å²) >= 11 is 0. The van der Waals surface area contributed by atoms with Gasteiger partial charge in [0.15, 0.2) is 0 Å². The van der Waals surface area contributed by atoms with Gasteiger partial charge in [0.25, 0.3) is 5.69 Å². The van der Waals surface area contributed by atoms with Gasteiger partial charge in [0, 0.05) is 18.2 Å². The van der Waals surface area contributed by atoms with Crippen molar-refractivity contribution in [3.8, 4) is 16.9 Å². The Morgan fingerprint density at radius 2 is 1.76 bits per heavy atom. The summed E-state index contributed by atoms with van der Waals surface area (Å²) < 4.78 is 16.3. The van der Waals surface area contributed by atoms with Crippen LogP contribution >= 0.6 is 0 Å². The van der Waals surface area contributed by atoms with Crippen LogP contribution in [0.15, 0.2) is 82.0 Å². The molecule has 10 nitrogen and oxygen atoms in total. The number of nitro benzene ring substituents is 1. The summed E-state index contributed by atoms with van der Waals surface area (Å²) in [6, 6.07) is 18.0. The highest BCUT2D eigenvalue weighted by molar-refractivity contribution is 5.86. The Kier molecular flexibility index (Phi) is 7.28. The molecule has 0 aliphatic carbocycles. The number of amides is 1. The van der Waals surface area contributed by atoms with Gasteiger partial charge in [0.05, 0.1) is 15.9 Å². The monoisotopic (exact) mass is 502 g/mol. The molecule has 1 amide bonds. The van der Waals surface area contributed by atoms with Gasteiger partial charge in [-0.15, -0.1) is 0 Å². The van der Waals surface area contributed by atoms with Crippen LogP contribution in [0, 0.1) is 17.0 Å². The van der Waals surface area contributed by atoms with E-state index in [-0.39, 0.29) is 40.0 Å². The lowest BCUT2D eigenvalue weighted by atomic mass is 10.0. The van der Waals surface area contributed by atoms with Crippen LogP contribution in [0.25, 0.3) is 22.1 Å². The number of esters is 1. The molecule has 1 heterocycles. The number of non-ortho nitro benzene ring substituents is 1. The molecule has 4 aromatic rings. The fraction of sp³-hybridized carbons (Fsp3) is 0.148. The van der Waals surface area contributed by atoms with E-state index in [9.17, 15) is 24.5 Å². The van der Waals surface area contributed by atoms with Crippen molar-refractivity contribution in [2.24, 2.45) is 0 Å². The molecule has 0 fully saturated rings. The zero-order valence-corrected chi connectivity index (χ0v) is 19.9. The van der Waals surface area contributed by atoms with E-state index in [1.54, 1.807) is 19.1 Å². The Bertz CT molecular complexity index is 1530. The number of carbonyl (C=O) groups is 2. The van der Waals surface area contributed by atoms with Crippen LogP contribution in [0.2, 0.25) is 0 Å². The fourth-order valence-electron chi connectivity index (χ4n) is 3.64. The molecule has 0 saturated heterocycles. The minimum atomic E-state index is -1.00. The van der Waals surface area contributed by atoms with Crippen LogP contribution in [0.3, 0.4) is 0 Å². The molecule has 1 aromatic heterocycles. The molecule has 0 bridgehead atoms. The van der Waals surface area contributed by atoms with Gasteiger partial charge in [0.2, 0.25) is 5.43 Å². The van der Waals surface area contributed by atoms with E-state index in [1.165, 1.54) is 49.4 Å². The van der Waals surface area contributed by atoms with Crippen molar-refractivity contribution in [3.05, 3.63) is 104 Å². The number of carbonyl (C=O) groups excluding carboxylic acids is 2. The van der Waals surface area contributed by atoms with Crippen LogP contribution in [0.5, 0.6) is 5.75 Å². The zero-order valence-electron chi connectivity index (χ0n) is 19.9. The minimum Gasteiger partial charge on any atom is -0.460 e. The number of ether oxygens (including phenoxy) is 2. The first-order chi connectivity index (χ1) is 17.7. The number of aryl methyl sites for hydroxylation is 1. The van der Waals surface area contributed by atoms with Gasteiger partial charge in [-0.1, -0.05) is 30.3 Å². The number of alkyl carbamates (subject to hydrolysis) is 1. The van der Waals surface area contributed by atoms with Gasteiger partial charge < -0.3 is 19.2 Å². The van der Waals surface area contributed by atoms with Gasteiger partial charge in [-0.25, -0.2) is 9.59 Å². The summed E-state index contributed by atoms with van der Waals surface area (Å²) in [6.07, 6.45) is -0.771. The maximum Gasteiger partial charge on any atom is 0.408 e. The molecule has 0 spiro atoms. The molecule has 1 N–H and O–H groups in total. The average molecular weight is 502 g/mol. The topological polar surface area (TPSA) is 138 Å². The molecular formula is C27H22N2O8. The number of rotatable bonds is 7. The third-order valence-electron chi connectivity index (χ3n) is 5.53. The summed E-state index contributed by atoms with van der Waals surface area (Å²) in [5, 5.41) is 13.6. The molecule has 3 aromatic carbocycles. The second-order valence-electron chi connectivity index (χ2n) is 8.17. The number of hydrogen-bond acceptors (Lipinski definition) is 8. The van der Waals surface area contributed by atoms with E-state index in [2.05, 4.69) is 5.32 Å². The fourth-order valence-corrected chi connectivity index (χ4v) is 3.64. The molecule has 0 aliphatic rings. The molecule has 4 rings (SSSR count). The third-order valence-corrected chi connectivity index (χ3v) is 5.53. The second-order valence-corrected chi connectivity index (χ2v) is 8.17.